The van der Waals surface area contributed by atoms with Crippen LogP contribution in [-0.2, 0) is 0 Å². The maximum Gasteiger partial charge on any atom is 0.0692 e. The van der Waals surface area contributed by atoms with Crippen molar-refractivity contribution in [3.8, 4) is 0 Å². The molecule has 0 rings (SSSR count). The molecule has 0 heterocycles. The lowest BCUT2D eigenvalue weighted by molar-refractivity contribution is 0.182. The molecule has 0 aromatic carbocycles. The summed E-state index contributed by atoms with van der Waals surface area (Å²) in [7, 11) is 0. The molecule has 66 valence electrons. The number of aliphatic hydroxyl groups is 2. The SMILES string of the molecule is C[C@H](O)CCC/C=C/[C@@H](C)O. The van der Waals surface area contributed by atoms with Gasteiger partial charge in [-0.05, 0) is 33.1 Å². The van der Waals surface area contributed by atoms with Gasteiger partial charge in [0.2, 0.25) is 0 Å². The Balaban J connectivity index is 3.14. The minimum absolute atomic E-state index is 0.199. The fraction of sp³-hybridized carbons (Fsp3) is 0.778. The summed E-state index contributed by atoms with van der Waals surface area (Å²) in [6.45, 7) is 3.52. The monoisotopic (exact) mass is 158 g/mol. The molecule has 0 aliphatic rings. The third kappa shape index (κ3) is 9.66. The van der Waals surface area contributed by atoms with E-state index in [1.54, 1.807) is 19.9 Å². The van der Waals surface area contributed by atoms with Crippen LogP contribution < -0.4 is 0 Å². The van der Waals surface area contributed by atoms with Crippen LogP contribution in [0.5, 0.6) is 0 Å². The maximum atomic E-state index is 8.89. The quantitative estimate of drug-likeness (QED) is 0.470. The number of aliphatic hydroxyl groups excluding tert-OH is 2. The van der Waals surface area contributed by atoms with Crippen molar-refractivity contribution in [1.29, 1.82) is 0 Å². The summed E-state index contributed by atoms with van der Waals surface area (Å²) in [5.41, 5.74) is 0. The van der Waals surface area contributed by atoms with E-state index in [2.05, 4.69) is 0 Å². The van der Waals surface area contributed by atoms with E-state index in [0.29, 0.717) is 0 Å². The van der Waals surface area contributed by atoms with Crippen LogP contribution in [0.25, 0.3) is 0 Å². The van der Waals surface area contributed by atoms with Crippen molar-refractivity contribution in [3.63, 3.8) is 0 Å². The number of rotatable bonds is 5. The molecule has 2 atom stereocenters. The molecular weight excluding hydrogens is 140 g/mol. The smallest absolute Gasteiger partial charge is 0.0692 e. The van der Waals surface area contributed by atoms with Gasteiger partial charge < -0.3 is 10.2 Å². The van der Waals surface area contributed by atoms with Crippen molar-refractivity contribution < 1.29 is 10.2 Å². The zero-order chi connectivity index (χ0) is 8.69. The first-order chi connectivity index (χ1) is 5.13. The van der Waals surface area contributed by atoms with Crippen LogP contribution in [-0.4, -0.2) is 22.4 Å². The van der Waals surface area contributed by atoms with Gasteiger partial charge in [-0.15, -0.1) is 0 Å². The fourth-order valence-electron chi connectivity index (χ4n) is 0.824. The Morgan fingerprint density at radius 1 is 1.27 bits per heavy atom. The highest BCUT2D eigenvalue weighted by atomic mass is 16.3. The van der Waals surface area contributed by atoms with E-state index in [1.807, 2.05) is 6.08 Å². The van der Waals surface area contributed by atoms with Crippen molar-refractivity contribution in [3.05, 3.63) is 12.2 Å². The Morgan fingerprint density at radius 3 is 2.36 bits per heavy atom. The van der Waals surface area contributed by atoms with E-state index in [-0.39, 0.29) is 12.2 Å². The van der Waals surface area contributed by atoms with Crippen LogP contribution in [0.1, 0.15) is 33.1 Å². The second-order valence-corrected chi connectivity index (χ2v) is 2.95. The average Bonchev–Trinajstić information content (AvgIpc) is 1.85. The van der Waals surface area contributed by atoms with Crippen LogP contribution in [0.4, 0.5) is 0 Å². The van der Waals surface area contributed by atoms with Crippen LogP contribution in [0.3, 0.4) is 0 Å². The highest BCUT2D eigenvalue weighted by molar-refractivity contribution is 4.85. The van der Waals surface area contributed by atoms with Crippen LogP contribution in [0.15, 0.2) is 12.2 Å². The van der Waals surface area contributed by atoms with E-state index < -0.39 is 0 Å². The summed E-state index contributed by atoms with van der Waals surface area (Å²) in [5, 5.41) is 17.7. The minimum atomic E-state index is -0.346. The van der Waals surface area contributed by atoms with E-state index in [0.717, 1.165) is 19.3 Å². The van der Waals surface area contributed by atoms with E-state index in [9.17, 15) is 0 Å². The van der Waals surface area contributed by atoms with Crippen LogP contribution in [0.2, 0.25) is 0 Å². The molecule has 0 aliphatic heterocycles. The molecule has 0 aromatic rings. The number of allylic oxidation sites excluding steroid dienone is 1. The number of hydrogen-bond acceptors (Lipinski definition) is 2. The molecule has 0 saturated heterocycles. The molecule has 11 heavy (non-hydrogen) atoms. The first-order valence-electron chi connectivity index (χ1n) is 4.15. The van der Waals surface area contributed by atoms with Crippen LogP contribution in [0, 0.1) is 0 Å². The highest BCUT2D eigenvalue weighted by Gasteiger charge is 1.92. The highest BCUT2D eigenvalue weighted by Crippen LogP contribution is 2.00. The first-order valence-corrected chi connectivity index (χ1v) is 4.15. The summed E-state index contributed by atoms with van der Waals surface area (Å²) < 4.78 is 0. The molecule has 0 aliphatic carbocycles. The van der Waals surface area contributed by atoms with Gasteiger partial charge in [0, 0.05) is 0 Å². The molecule has 0 spiro atoms. The maximum absolute atomic E-state index is 8.89. The fourth-order valence-corrected chi connectivity index (χ4v) is 0.824. The Bertz CT molecular complexity index is 106. The Hall–Kier alpha value is -0.340. The molecule has 2 nitrogen and oxygen atoms in total. The van der Waals surface area contributed by atoms with Gasteiger partial charge >= 0.3 is 0 Å². The minimum Gasteiger partial charge on any atom is -0.393 e. The predicted octanol–water partition coefficient (Wildman–Crippen LogP) is 1.47. The van der Waals surface area contributed by atoms with Crippen molar-refractivity contribution in [1.82, 2.24) is 0 Å². The van der Waals surface area contributed by atoms with Gasteiger partial charge in [0.15, 0.2) is 0 Å². The van der Waals surface area contributed by atoms with Crippen molar-refractivity contribution in [2.24, 2.45) is 0 Å². The second kappa shape index (κ2) is 6.38. The van der Waals surface area contributed by atoms with Gasteiger partial charge in [-0.1, -0.05) is 12.2 Å². The van der Waals surface area contributed by atoms with Gasteiger partial charge in [0.1, 0.15) is 0 Å². The summed E-state index contributed by atoms with van der Waals surface area (Å²) in [6.07, 6.45) is 5.94. The van der Waals surface area contributed by atoms with Crippen LogP contribution >= 0.6 is 0 Å². The standard InChI is InChI=1S/C9H18O2/c1-8(10)6-4-3-5-7-9(2)11/h4,6,8-11H,3,5,7H2,1-2H3/b6-4+/t8-,9+/m1/s1. The van der Waals surface area contributed by atoms with Crippen molar-refractivity contribution in [2.75, 3.05) is 0 Å². The van der Waals surface area contributed by atoms with Gasteiger partial charge in [0.05, 0.1) is 12.2 Å². The molecule has 0 aromatic heterocycles. The molecule has 0 saturated carbocycles. The summed E-state index contributed by atoms with van der Waals surface area (Å²) in [5.74, 6) is 0. The molecule has 2 heteroatoms. The lowest BCUT2D eigenvalue weighted by Gasteiger charge is -2.00. The Kier molecular flexibility index (Phi) is 6.18. The van der Waals surface area contributed by atoms with E-state index >= 15 is 0 Å². The topological polar surface area (TPSA) is 40.5 Å². The molecule has 0 bridgehead atoms. The molecule has 0 fully saturated rings. The molecule has 0 amide bonds. The van der Waals surface area contributed by atoms with Gasteiger partial charge in [-0.25, -0.2) is 0 Å². The normalized spacial score (nSPS) is 17.1. The third-order valence-corrected chi connectivity index (χ3v) is 1.41. The van der Waals surface area contributed by atoms with Gasteiger partial charge in [-0.2, -0.15) is 0 Å². The first kappa shape index (κ1) is 10.7. The second-order valence-electron chi connectivity index (χ2n) is 2.95. The Labute approximate surface area is 68.6 Å². The lowest BCUT2D eigenvalue weighted by Crippen LogP contribution is -1.98. The summed E-state index contributed by atoms with van der Waals surface area (Å²) in [4.78, 5) is 0. The zero-order valence-electron chi connectivity index (χ0n) is 7.33. The van der Waals surface area contributed by atoms with Gasteiger partial charge in [0.25, 0.3) is 0 Å². The Morgan fingerprint density at radius 2 is 1.91 bits per heavy atom. The largest absolute Gasteiger partial charge is 0.393 e. The molecule has 2 N–H and O–H groups in total. The summed E-state index contributed by atoms with van der Waals surface area (Å²) >= 11 is 0. The number of unbranched alkanes of at least 4 members (excludes halogenated alkanes) is 1. The van der Waals surface area contributed by atoms with Crippen molar-refractivity contribution in [2.45, 2.75) is 45.3 Å². The number of hydrogen-bond donors (Lipinski definition) is 2. The molecule has 0 radical (unpaired) electrons. The molecular formula is C9H18O2. The lowest BCUT2D eigenvalue weighted by atomic mass is 10.1. The molecule has 0 unspecified atom stereocenters. The van der Waals surface area contributed by atoms with Gasteiger partial charge in [-0.3, -0.25) is 0 Å². The predicted molar refractivity (Wildman–Crippen MR) is 46.4 cm³/mol. The zero-order valence-corrected chi connectivity index (χ0v) is 7.33. The van der Waals surface area contributed by atoms with E-state index in [1.165, 1.54) is 0 Å². The van der Waals surface area contributed by atoms with Crippen molar-refractivity contribution >= 4 is 0 Å². The summed E-state index contributed by atoms with van der Waals surface area (Å²) in [6, 6.07) is 0. The van der Waals surface area contributed by atoms with E-state index in [4.69, 9.17) is 10.2 Å². The average molecular weight is 158 g/mol. The third-order valence-electron chi connectivity index (χ3n) is 1.41.